The van der Waals surface area contributed by atoms with Gasteiger partial charge in [0.25, 0.3) is 0 Å². The van der Waals surface area contributed by atoms with Gasteiger partial charge in [-0.15, -0.1) is 0 Å². The molecule has 2 aliphatic rings. The van der Waals surface area contributed by atoms with Crippen LogP contribution in [0.4, 0.5) is 17.1 Å². The molecule has 0 N–H and O–H groups in total. The zero-order valence-corrected chi connectivity index (χ0v) is 28.5. The Morgan fingerprint density at radius 1 is 0.346 bits per heavy atom. The Balaban J connectivity index is 1.36. The summed E-state index contributed by atoms with van der Waals surface area (Å²) in [6, 6.07) is 74.3. The molecule has 9 aromatic carbocycles. The minimum atomic E-state index is -0.521. The predicted octanol–water partition coefficient (Wildman–Crippen LogP) is 13.5. The number of benzene rings is 9. The lowest BCUT2D eigenvalue weighted by Crippen LogP contribution is -2.28. The molecule has 0 saturated carbocycles. The normalized spacial score (nSPS) is 13.5. The highest BCUT2D eigenvalue weighted by Crippen LogP contribution is 2.62. The Hall–Kier alpha value is -6.70. The van der Waals surface area contributed by atoms with Gasteiger partial charge in [0.05, 0.1) is 22.5 Å². The Morgan fingerprint density at radius 3 is 1.46 bits per heavy atom. The number of para-hydroxylation sites is 2. The van der Waals surface area contributed by atoms with Gasteiger partial charge in [-0.3, -0.25) is 0 Å². The molecule has 0 unspecified atom stereocenters. The first-order valence-electron chi connectivity index (χ1n) is 18.1. The van der Waals surface area contributed by atoms with Crippen molar-refractivity contribution in [2.45, 2.75) is 5.41 Å². The van der Waals surface area contributed by atoms with Gasteiger partial charge in [-0.25, -0.2) is 0 Å². The smallest absolute Gasteiger partial charge is 0.0714 e. The third kappa shape index (κ3) is 3.88. The van der Waals surface area contributed by atoms with Crippen molar-refractivity contribution < 1.29 is 0 Å². The molecule has 0 bridgehead atoms. The summed E-state index contributed by atoms with van der Waals surface area (Å²) < 4.78 is 0. The molecule has 0 atom stereocenters. The van der Waals surface area contributed by atoms with Crippen LogP contribution in [0, 0.1) is 0 Å². The molecule has 52 heavy (non-hydrogen) atoms. The lowest BCUT2D eigenvalue weighted by Gasteiger charge is -2.36. The van der Waals surface area contributed by atoms with Crippen LogP contribution in [0.5, 0.6) is 0 Å². The van der Waals surface area contributed by atoms with Crippen molar-refractivity contribution in [2.75, 3.05) is 4.90 Å². The molecule has 1 heteroatoms. The average molecular weight is 660 g/mol. The fourth-order valence-corrected chi connectivity index (χ4v) is 9.42. The number of anilines is 3. The maximum Gasteiger partial charge on any atom is 0.0714 e. The standard InChI is InChI=1S/C51H33N/c1-3-20-36(21-4-1)51(37-22-5-2-6-23-37)44-30-12-9-27-43(44)49-45(51)33-35-17-7-8-24-38(35)50(49)52-46-31-13-10-25-39(46)41-28-15-18-34-19-16-29-42(48(34)41)40-26-11-14-32-47(40)52/h1-33H. The van der Waals surface area contributed by atoms with Gasteiger partial charge in [0.1, 0.15) is 0 Å². The summed E-state index contributed by atoms with van der Waals surface area (Å²) in [5, 5.41) is 5.00. The second kappa shape index (κ2) is 11.2. The largest absolute Gasteiger partial charge is 0.308 e. The molecule has 0 aromatic heterocycles. The first kappa shape index (κ1) is 29.1. The van der Waals surface area contributed by atoms with Crippen molar-refractivity contribution in [3.8, 4) is 33.4 Å². The minimum absolute atomic E-state index is 0.521. The maximum absolute atomic E-state index is 2.59. The highest BCUT2D eigenvalue weighted by atomic mass is 15.2. The number of hydrogen-bond donors (Lipinski definition) is 0. The molecule has 0 fully saturated rings. The van der Waals surface area contributed by atoms with E-state index in [1.54, 1.807) is 0 Å². The molecule has 11 rings (SSSR count). The molecule has 0 radical (unpaired) electrons. The predicted molar refractivity (Wildman–Crippen MR) is 218 cm³/mol. The van der Waals surface area contributed by atoms with Crippen LogP contribution in [0.25, 0.3) is 54.9 Å². The van der Waals surface area contributed by atoms with Crippen molar-refractivity contribution in [2.24, 2.45) is 0 Å². The fraction of sp³-hybridized carbons (Fsp3) is 0.0196. The molecule has 0 saturated heterocycles. The van der Waals surface area contributed by atoms with E-state index in [2.05, 4.69) is 205 Å². The van der Waals surface area contributed by atoms with Crippen LogP contribution in [0.2, 0.25) is 0 Å². The zero-order chi connectivity index (χ0) is 34.2. The highest BCUT2D eigenvalue weighted by Gasteiger charge is 2.48. The van der Waals surface area contributed by atoms with E-state index in [1.807, 2.05) is 0 Å². The van der Waals surface area contributed by atoms with E-state index in [0.29, 0.717) is 0 Å². The summed E-state index contributed by atoms with van der Waals surface area (Å²) in [7, 11) is 0. The van der Waals surface area contributed by atoms with Crippen molar-refractivity contribution in [1.82, 2.24) is 0 Å². The minimum Gasteiger partial charge on any atom is -0.308 e. The Bertz CT molecular complexity index is 2730. The second-order valence-corrected chi connectivity index (χ2v) is 14.0. The van der Waals surface area contributed by atoms with Crippen LogP contribution in [-0.2, 0) is 5.41 Å². The first-order chi connectivity index (χ1) is 25.8. The average Bonchev–Trinajstić information content (AvgIpc) is 3.51. The summed E-state index contributed by atoms with van der Waals surface area (Å²) >= 11 is 0. The summed E-state index contributed by atoms with van der Waals surface area (Å²) in [5.74, 6) is 0. The lowest BCUT2D eigenvalue weighted by atomic mass is 9.67. The third-order valence-corrected chi connectivity index (χ3v) is 11.4. The number of nitrogens with zero attached hydrogens (tertiary/aromatic N) is 1. The molecule has 1 nitrogen and oxygen atoms in total. The van der Waals surface area contributed by atoms with Crippen LogP contribution in [0.1, 0.15) is 22.3 Å². The van der Waals surface area contributed by atoms with Crippen LogP contribution >= 0.6 is 0 Å². The summed E-state index contributed by atoms with van der Waals surface area (Å²) in [5.41, 5.74) is 15.7. The monoisotopic (exact) mass is 659 g/mol. The van der Waals surface area contributed by atoms with E-state index in [9.17, 15) is 0 Å². The van der Waals surface area contributed by atoms with Crippen molar-refractivity contribution >= 4 is 38.6 Å². The lowest BCUT2D eigenvalue weighted by molar-refractivity contribution is 0.769. The van der Waals surface area contributed by atoms with Crippen LogP contribution in [0.3, 0.4) is 0 Å². The molecule has 242 valence electrons. The van der Waals surface area contributed by atoms with Gasteiger partial charge in [0.2, 0.25) is 0 Å². The van der Waals surface area contributed by atoms with Crippen molar-refractivity contribution in [3.63, 3.8) is 0 Å². The number of rotatable bonds is 3. The van der Waals surface area contributed by atoms with Gasteiger partial charge < -0.3 is 4.90 Å². The molecule has 0 spiro atoms. The van der Waals surface area contributed by atoms with Gasteiger partial charge in [-0.05, 0) is 73.3 Å². The maximum atomic E-state index is 2.59. The fourth-order valence-electron chi connectivity index (χ4n) is 9.42. The van der Waals surface area contributed by atoms with Gasteiger partial charge in [0.15, 0.2) is 0 Å². The molecule has 1 heterocycles. The van der Waals surface area contributed by atoms with Crippen molar-refractivity contribution in [3.05, 3.63) is 222 Å². The Kier molecular flexibility index (Phi) is 6.23. The molecular weight excluding hydrogens is 627 g/mol. The third-order valence-electron chi connectivity index (χ3n) is 11.4. The zero-order valence-electron chi connectivity index (χ0n) is 28.5. The molecule has 0 amide bonds. The van der Waals surface area contributed by atoms with Crippen LogP contribution in [0.15, 0.2) is 200 Å². The van der Waals surface area contributed by atoms with Crippen LogP contribution < -0.4 is 4.90 Å². The summed E-state index contributed by atoms with van der Waals surface area (Å²) in [6.07, 6.45) is 0. The van der Waals surface area contributed by atoms with E-state index < -0.39 is 5.41 Å². The second-order valence-electron chi connectivity index (χ2n) is 14.0. The first-order valence-corrected chi connectivity index (χ1v) is 18.1. The van der Waals surface area contributed by atoms with E-state index >= 15 is 0 Å². The summed E-state index contributed by atoms with van der Waals surface area (Å²) in [6.45, 7) is 0. The Labute approximate surface area is 303 Å². The van der Waals surface area contributed by atoms with Gasteiger partial charge in [-0.2, -0.15) is 0 Å². The summed E-state index contributed by atoms with van der Waals surface area (Å²) in [4.78, 5) is 2.59. The SMILES string of the molecule is c1ccc(C2(c3ccccc3)c3ccccc3-c3c2cc2ccccc2c3N2c3ccccc3-c3cccc4cccc(c34)-c3ccccc32)cc1. The molecular formula is C51H33N. The van der Waals surface area contributed by atoms with E-state index in [0.717, 1.165) is 0 Å². The number of fused-ring (bicyclic) bond motifs is 8. The number of hydrogen-bond acceptors (Lipinski definition) is 1. The van der Waals surface area contributed by atoms with Gasteiger partial charge >= 0.3 is 0 Å². The van der Waals surface area contributed by atoms with Crippen molar-refractivity contribution in [1.29, 1.82) is 0 Å². The van der Waals surface area contributed by atoms with E-state index in [-0.39, 0.29) is 0 Å². The quantitative estimate of drug-likeness (QED) is 0.182. The molecule has 1 aliphatic carbocycles. The van der Waals surface area contributed by atoms with E-state index in [4.69, 9.17) is 0 Å². The Morgan fingerprint density at radius 2 is 0.827 bits per heavy atom. The topological polar surface area (TPSA) is 3.24 Å². The molecule has 1 aliphatic heterocycles. The van der Waals surface area contributed by atoms with Gasteiger partial charge in [0, 0.05) is 22.1 Å². The van der Waals surface area contributed by atoms with Gasteiger partial charge in [-0.1, -0.05) is 182 Å². The van der Waals surface area contributed by atoms with Crippen LogP contribution in [-0.4, -0.2) is 0 Å². The van der Waals surface area contributed by atoms with E-state index in [1.165, 1.54) is 94.2 Å². The molecule has 9 aromatic rings. The highest BCUT2D eigenvalue weighted by molar-refractivity contribution is 6.17.